The molecule has 0 atom stereocenters. The van der Waals surface area contributed by atoms with E-state index >= 15 is 0 Å². The number of carboxylic acid groups (broad SMARTS) is 1. The van der Waals surface area contributed by atoms with E-state index in [4.69, 9.17) is 5.11 Å². The molecule has 0 bridgehead atoms. The van der Waals surface area contributed by atoms with E-state index in [9.17, 15) is 13.6 Å². The first-order valence-corrected chi connectivity index (χ1v) is 5.85. The number of anilines is 1. The number of benzene rings is 1. The van der Waals surface area contributed by atoms with Gasteiger partial charge in [0.05, 0.1) is 11.3 Å². The maximum Gasteiger partial charge on any atom is 0.338 e. The molecule has 1 heterocycles. The average Bonchev–Trinajstić information content (AvgIpc) is 2.41. The SMILES string of the molecule is Cc1cnccc1CNc1ccc(C(=O)O)c(F)c1F. The first-order chi connectivity index (χ1) is 9.50. The van der Waals surface area contributed by atoms with Crippen LogP contribution in [-0.2, 0) is 6.54 Å². The Labute approximate surface area is 114 Å². The van der Waals surface area contributed by atoms with Crippen LogP contribution in [0.5, 0.6) is 0 Å². The zero-order valence-corrected chi connectivity index (χ0v) is 10.7. The Bertz CT molecular complexity index is 660. The third-order valence-corrected chi connectivity index (χ3v) is 2.92. The van der Waals surface area contributed by atoms with E-state index < -0.39 is 23.2 Å². The fraction of sp³-hybridized carbons (Fsp3) is 0.143. The number of halogens is 2. The lowest BCUT2D eigenvalue weighted by Gasteiger charge is -2.10. The van der Waals surface area contributed by atoms with Gasteiger partial charge in [-0.15, -0.1) is 0 Å². The number of aromatic nitrogens is 1. The summed E-state index contributed by atoms with van der Waals surface area (Å²) in [4.78, 5) is 14.6. The maximum absolute atomic E-state index is 13.7. The van der Waals surface area contributed by atoms with Crippen molar-refractivity contribution in [2.75, 3.05) is 5.32 Å². The lowest BCUT2D eigenvalue weighted by Crippen LogP contribution is -2.08. The molecular formula is C14H12F2N2O2. The number of carbonyl (C=O) groups is 1. The largest absolute Gasteiger partial charge is 0.478 e. The van der Waals surface area contributed by atoms with Gasteiger partial charge in [0.15, 0.2) is 11.6 Å². The second-order valence-corrected chi connectivity index (χ2v) is 4.25. The zero-order valence-electron chi connectivity index (χ0n) is 10.7. The maximum atomic E-state index is 13.7. The number of aromatic carboxylic acids is 1. The molecule has 0 saturated carbocycles. The van der Waals surface area contributed by atoms with Crippen molar-refractivity contribution in [3.63, 3.8) is 0 Å². The molecule has 0 spiro atoms. The summed E-state index contributed by atoms with van der Waals surface area (Å²) >= 11 is 0. The van der Waals surface area contributed by atoms with Crippen LogP contribution in [0.25, 0.3) is 0 Å². The highest BCUT2D eigenvalue weighted by atomic mass is 19.2. The smallest absolute Gasteiger partial charge is 0.338 e. The first kappa shape index (κ1) is 13.9. The van der Waals surface area contributed by atoms with Crippen molar-refractivity contribution in [2.45, 2.75) is 13.5 Å². The lowest BCUT2D eigenvalue weighted by atomic mass is 10.1. The molecule has 0 aliphatic rings. The minimum absolute atomic E-state index is 0.0799. The Morgan fingerprint density at radius 1 is 1.30 bits per heavy atom. The second kappa shape index (κ2) is 5.64. The van der Waals surface area contributed by atoms with E-state index in [1.165, 1.54) is 6.07 Å². The topological polar surface area (TPSA) is 62.2 Å². The molecule has 4 nitrogen and oxygen atoms in total. The molecule has 2 N–H and O–H groups in total. The predicted octanol–water partition coefficient (Wildman–Crippen LogP) is 2.98. The molecule has 104 valence electrons. The fourth-order valence-corrected chi connectivity index (χ4v) is 1.74. The zero-order chi connectivity index (χ0) is 14.7. The van der Waals surface area contributed by atoms with E-state index in [2.05, 4.69) is 10.3 Å². The first-order valence-electron chi connectivity index (χ1n) is 5.85. The minimum Gasteiger partial charge on any atom is -0.478 e. The number of pyridine rings is 1. The van der Waals surface area contributed by atoms with Gasteiger partial charge in [-0.25, -0.2) is 13.6 Å². The molecule has 6 heteroatoms. The molecule has 2 rings (SSSR count). The molecule has 0 fully saturated rings. The van der Waals surface area contributed by atoms with Gasteiger partial charge in [0, 0.05) is 18.9 Å². The monoisotopic (exact) mass is 278 g/mol. The van der Waals surface area contributed by atoms with Crippen LogP contribution in [0.1, 0.15) is 21.5 Å². The molecule has 0 radical (unpaired) electrons. The molecule has 0 amide bonds. The van der Waals surface area contributed by atoms with Crippen LogP contribution in [0, 0.1) is 18.6 Å². The van der Waals surface area contributed by atoms with Crippen molar-refractivity contribution < 1.29 is 18.7 Å². The van der Waals surface area contributed by atoms with E-state index in [1.54, 1.807) is 18.5 Å². The molecule has 20 heavy (non-hydrogen) atoms. The summed E-state index contributed by atoms with van der Waals surface area (Å²) in [7, 11) is 0. The molecular weight excluding hydrogens is 266 g/mol. The van der Waals surface area contributed by atoms with Crippen molar-refractivity contribution in [3.05, 3.63) is 58.9 Å². The van der Waals surface area contributed by atoms with Gasteiger partial charge < -0.3 is 10.4 Å². The standard InChI is InChI=1S/C14H12F2N2O2/c1-8-6-17-5-4-9(8)7-18-11-3-2-10(14(19)20)12(15)13(11)16/h2-6,18H,7H2,1H3,(H,19,20). The molecule has 0 saturated heterocycles. The third-order valence-electron chi connectivity index (χ3n) is 2.92. The van der Waals surface area contributed by atoms with Crippen molar-refractivity contribution in [1.82, 2.24) is 4.98 Å². The van der Waals surface area contributed by atoms with Gasteiger partial charge in [0.1, 0.15) is 0 Å². The Kier molecular flexibility index (Phi) is 3.93. The van der Waals surface area contributed by atoms with E-state index in [0.717, 1.165) is 17.2 Å². The molecule has 0 aliphatic carbocycles. The summed E-state index contributed by atoms with van der Waals surface area (Å²) in [5, 5.41) is 11.4. The Hall–Kier alpha value is -2.50. The number of hydrogen-bond acceptors (Lipinski definition) is 3. The lowest BCUT2D eigenvalue weighted by molar-refractivity contribution is 0.0690. The van der Waals surface area contributed by atoms with E-state index in [1.807, 2.05) is 6.92 Å². The normalized spacial score (nSPS) is 10.3. The summed E-state index contributed by atoms with van der Waals surface area (Å²) in [6.07, 6.45) is 3.27. The van der Waals surface area contributed by atoms with Crippen LogP contribution >= 0.6 is 0 Å². The average molecular weight is 278 g/mol. The van der Waals surface area contributed by atoms with Crippen LogP contribution in [0.3, 0.4) is 0 Å². The van der Waals surface area contributed by atoms with Gasteiger partial charge in [0.25, 0.3) is 0 Å². The highest BCUT2D eigenvalue weighted by Crippen LogP contribution is 2.21. The van der Waals surface area contributed by atoms with Gasteiger partial charge in [-0.1, -0.05) is 0 Å². The minimum atomic E-state index is -1.50. The number of rotatable bonds is 4. The van der Waals surface area contributed by atoms with Gasteiger partial charge in [-0.2, -0.15) is 0 Å². The van der Waals surface area contributed by atoms with Crippen molar-refractivity contribution in [2.24, 2.45) is 0 Å². The predicted molar refractivity (Wildman–Crippen MR) is 69.6 cm³/mol. The number of carboxylic acids is 1. The third kappa shape index (κ3) is 2.74. The highest BCUT2D eigenvalue weighted by Gasteiger charge is 2.17. The number of nitrogens with zero attached hydrogens (tertiary/aromatic N) is 1. The van der Waals surface area contributed by atoms with Crippen LogP contribution in [-0.4, -0.2) is 16.1 Å². The van der Waals surface area contributed by atoms with Crippen molar-refractivity contribution >= 4 is 11.7 Å². The number of aryl methyl sites for hydroxylation is 1. The molecule has 1 aromatic heterocycles. The summed E-state index contributed by atoms with van der Waals surface area (Å²) < 4.78 is 27.2. The van der Waals surface area contributed by atoms with Crippen LogP contribution in [0.4, 0.5) is 14.5 Å². The van der Waals surface area contributed by atoms with E-state index in [0.29, 0.717) is 0 Å². The van der Waals surface area contributed by atoms with Gasteiger partial charge in [0.2, 0.25) is 0 Å². The van der Waals surface area contributed by atoms with Crippen LogP contribution in [0.2, 0.25) is 0 Å². The summed E-state index contributed by atoms with van der Waals surface area (Å²) in [5.74, 6) is -4.07. The fourth-order valence-electron chi connectivity index (χ4n) is 1.74. The Morgan fingerprint density at radius 3 is 2.70 bits per heavy atom. The van der Waals surface area contributed by atoms with Crippen molar-refractivity contribution in [1.29, 1.82) is 0 Å². The second-order valence-electron chi connectivity index (χ2n) is 4.25. The van der Waals surface area contributed by atoms with Crippen LogP contribution < -0.4 is 5.32 Å². The Balaban J connectivity index is 2.21. The van der Waals surface area contributed by atoms with Gasteiger partial charge >= 0.3 is 5.97 Å². The van der Waals surface area contributed by atoms with E-state index in [-0.39, 0.29) is 12.2 Å². The van der Waals surface area contributed by atoms with Crippen LogP contribution in [0.15, 0.2) is 30.6 Å². The molecule has 0 unspecified atom stereocenters. The summed E-state index contributed by atoms with van der Waals surface area (Å²) in [6, 6.07) is 4.00. The molecule has 2 aromatic rings. The number of hydrogen-bond donors (Lipinski definition) is 2. The molecule has 0 aliphatic heterocycles. The Morgan fingerprint density at radius 2 is 2.05 bits per heavy atom. The molecule has 1 aromatic carbocycles. The highest BCUT2D eigenvalue weighted by molar-refractivity contribution is 5.88. The van der Waals surface area contributed by atoms with Crippen molar-refractivity contribution in [3.8, 4) is 0 Å². The van der Waals surface area contributed by atoms with Gasteiger partial charge in [-0.3, -0.25) is 4.98 Å². The quantitative estimate of drug-likeness (QED) is 0.902. The summed E-state index contributed by atoms with van der Waals surface area (Å²) in [5.41, 5.74) is 1.04. The number of nitrogens with one attached hydrogen (secondary N) is 1. The summed E-state index contributed by atoms with van der Waals surface area (Å²) in [6.45, 7) is 2.14. The van der Waals surface area contributed by atoms with Gasteiger partial charge in [-0.05, 0) is 36.2 Å².